The molecule has 0 fully saturated rings. The van der Waals surface area contributed by atoms with Crippen molar-refractivity contribution in [2.45, 2.75) is 6.92 Å². The zero-order valence-electron chi connectivity index (χ0n) is 7.12. The smallest absolute Gasteiger partial charge is 0.0580 e. The van der Waals surface area contributed by atoms with Crippen LogP contribution in [0.3, 0.4) is 0 Å². The van der Waals surface area contributed by atoms with Crippen molar-refractivity contribution >= 4 is 11.8 Å². The van der Waals surface area contributed by atoms with E-state index in [9.17, 15) is 0 Å². The van der Waals surface area contributed by atoms with Crippen LogP contribution in [0.1, 0.15) is 11.1 Å². The molecule has 1 aromatic carbocycles. The lowest BCUT2D eigenvalue weighted by molar-refractivity contribution is 1.29. The fourth-order valence-electron chi connectivity index (χ4n) is 1.29. The van der Waals surface area contributed by atoms with Crippen LogP contribution in [0.4, 0.5) is 0 Å². The number of allylic oxidation sites excluding steroid dienone is 1. The molecule has 0 aromatic heterocycles. The maximum Gasteiger partial charge on any atom is 0.0580 e. The molecule has 12 heavy (non-hydrogen) atoms. The molecule has 1 heteroatoms. The SMILES string of the molecule is Cc1ccc(C2=CCN=C2)cc1. The standard InChI is InChI=1S/C11H11N/c1-9-2-4-10(5-3-9)11-6-7-12-8-11/h2-6,8H,7H2,1H3. The third-order valence-electron chi connectivity index (χ3n) is 2.03. The van der Waals surface area contributed by atoms with Gasteiger partial charge >= 0.3 is 0 Å². The number of benzene rings is 1. The second-order valence-corrected chi connectivity index (χ2v) is 3.02. The maximum absolute atomic E-state index is 4.15. The fourth-order valence-corrected chi connectivity index (χ4v) is 1.29. The molecule has 0 radical (unpaired) electrons. The fraction of sp³-hybridized carbons (Fsp3) is 0.182. The van der Waals surface area contributed by atoms with Gasteiger partial charge in [0.15, 0.2) is 0 Å². The van der Waals surface area contributed by atoms with Crippen molar-refractivity contribution in [2.75, 3.05) is 6.54 Å². The molecule has 0 amide bonds. The Balaban J connectivity index is 2.35. The molecule has 1 aliphatic heterocycles. The third-order valence-corrected chi connectivity index (χ3v) is 2.03. The van der Waals surface area contributed by atoms with Crippen LogP contribution < -0.4 is 0 Å². The summed E-state index contributed by atoms with van der Waals surface area (Å²) >= 11 is 0. The highest BCUT2D eigenvalue weighted by Gasteiger charge is 2.00. The minimum absolute atomic E-state index is 0.837. The van der Waals surface area contributed by atoms with E-state index in [0.29, 0.717) is 0 Å². The molecular weight excluding hydrogens is 146 g/mol. The lowest BCUT2D eigenvalue weighted by Crippen LogP contribution is -1.82. The van der Waals surface area contributed by atoms with Gasteiger partial charge in [0.2, 0.25) is 0 Å². The third kappa shape index (κ3) is 1.30. The molecule has 0 aliphatic carbocycles. The van der Waals surface area contributed by atoms with Crippen molar-refractivity contribution in [3.05, 3.63) is 41.5 Å². The van der Waals surface area contributed by atoms with E-state index in [0.717, 1.165) is 6.54 Å². The van der Waals surface area contributed by atoms with Gasteiger partial charge in [0.1, 0.15) is 0 Å². The Labute approximate surface area is 72.5 Å². The van der Waals surface area contributed by atoms with E-state index < -0.39 is 0 Å². The van der Waals surface area contributed by atoms with Gasteiger partial charge in [-0.3, -0.25) is 4.99 Å². The first kappa shape index (κ1) is 7.29. The molecular formula is C11H11N. The molecule has 1 heterocycles. The quantitative estimate of drug-likeness (QED) is 0.593. The molecule has 0 atom stereocenters. The van der Waals surface area contributed by atoms with Crippen LogP contribution in [-0.2, 0) is 0 Å². The van der Waals surface area contributed by atoms with Crippen molar-refractivity contribution in [2.24, 2.45) is 4.99 Å². The molecule has 0 unspecified atom stereocenters. The summed E-state index contributed by atoms with van der Waals surface area (Å²) in [6.45, 7) is 2.93. The Hall–Kier alpha value is -1.37. The molecule has 0 spiro atoms. The van der Waals surface area contributed by atoms with Crippen molar-refractivity contribution < 1.29 is 0 Å². The summed E-state index contributed by atoms with van der Waals surface area (Å²) < 4.78 is 0. The van der Waals surface area contributed by atoms with Gasteiger partial charge in [-0.2, -0.15) is 0 Å². The topological polar surface area (TPSA) is 12.4 Å². The van der Waals surface area contributed by atoms with Crippen LogP contribution in [0.15, 0.2) is 35.3 Å². The molecule has 2 rings (SSSR count). The zero-order chi connectivity index (χ0) is 8.39. The van der Waals surface area contributed by atoms with Gasteiger partial charge in [0, 0.05) is 6.21 Å². The van der Waals surface area contributed by atoms with Gasteiger partial charge < -0.3 is 0 Å². The molecule has 0 saturated carbocycles. The van der Waals surface area contributed by atoms with Gasteiger partial charge in [0.25, 0.3) is 0 Å². The van der Waals surface area contributed by atoms with Crippen molar-refractivity contribution in [3.63, 3.8) is 0 Å². The van der Waals surface area contributed by atoms with Gasteiger partial charge in [-0.15, -0.1) is 0 Å². The van der Waals surface area contributed by atoms with Crippen LogP contribution in [0.2, 0.25) is 0 Å². The normalized spacial score (nSPS) is 14.9. The van der Waals surface area contributed by atoms with Crippen LogP contribution in [-0.4, -0.2) is 12.8 Å². The van der Waals surface area contributed by atoms with Crippen LogP contribution in [0.25, 0.3) is 5.57 Å². The molecule has 1 aromatic rings. The first-order valence-corrected chi connectivity index (χ1v) is 4.13. The highest BCUT2D eigenvalue weighted by Crippen LogP contribution is 2.15. The maximum atomic E-state index is 4.15. The van der Waals surface area contributed by atoms with E-state index in [1.54, 1.807) is 0 Å². The highest BCUT2D eigenvalue weighted by atomic mass is 14.7. The van der Waals surface area contributed by atoms with E-state index in [2.05, 4.69) is 42.3 Å². The molecule has 1 aliphatic rings. The lowest BCUT2D eigenvalue weighted by Gasteiger charge is -1.98. The van der Waals surface area contributed by atoms with Crippen molar-refractivity contribution in [3.8, 4) is 0 Å². The summed E-state index contributed by atoms with van der Waals surface area (Å²) in [5, 5.41) is 0. The Bertz CT molecular complexity index is 331. The predicted octanol–water partition coefficient (Wildman–Crippen LogP) is 2.46. The van der Waals surface area contributed by atoms with Gasteiger partial charge in [-0.05, 0) is 18.1 Å². The van der Waals surface area contributed by atoms with Crippen LogP contribution >= 0.6 is 0 Å². The average molecular weight is 157 g/mol. The zero-order valence-corrected chi connectivity index (χ0v) is 7.12. The molecule has 0 N–H and O–H groups in total. The van der Waals surface area contributed by atoms with E-state index in [1.807, 2.05) is 6.21 Å². The first-order chi connectivity index (χ1) is 5.86. The number of hydrogen-bond donors (Lipinski definition) is 0. The second kappa shape index (κ2) is 2.94. The summed E-state index contributed by atoms with van der Waals surface area (Å²) in [6.07, 6.45) is 4.08. The van der Waals surface area contributed by atoms with E-state index in [1.165, 1.54) is 16.7 Å². The summed E-state index contributed by atoms with van der Waals surface area (Å²) in [5.41, 5.74) is 3.81. The van der Waals surface area contributed by atoms with Crippen molar-refractivity contribution in [1.29, 1.82) is 0 Å². The molecule has 0 bridgehead atoms. The summed E-state index contributed by atoms with van der Waals surface area (Å²) in [6, 6.07) is 8.53. The van der Waals surface area contributed by atoms with Gasteiger partial charge in [0.05, 0.1) is 6.54 Å². The number of nitrogens with zero attached hydrogens (tertiary/aromatic N) is 1. The minimum Gasteiger partial charge on any atom is -0.288 e. The Morgan fingerprint density at radius 3 is 2.50 bits per heavy atom. The lowest BCUT2D eigenvalue weighted by atomic mass is 10.1. The molecule has 1 nitrogen and oxygen atoms in total. The first-order valence-electron chi connectivity index (χ1n) is 4.13. The van der Waals surface area contributed by atoms with Crippen molar-refractivity contribution in [1.82, 2.24) is 0 Å². The Kier molecular flexibility index (Phi) is 1.78. The number of rotatable bonds is 1. The predicted molar refractivity (Wildman–Crippen MR) is 52.5 cm³/mol. The summed E-state index contributed by atoms with van der Waals surface area (Å²) in [7, 11) is 0. The summed E-state index contributed by atoms with van der Waals surface area (Å²) in [5.74, 6) is 0. The van der Waals surface area contributed by atoms with E-state index >= 15 is 0 Å². The Morgan fingerprint density at radius 1 is 1.17 bits per heavy atom. The molecule has 0 saturated heterocycles. The summed E-state index contributed by atoms with van der Waals surface area (Å²) in [4.78, 5) is 4.15. The largest absolute Gasteiger partial charge is 0.288 e. The van der Waals surface area contributed by atoms with Crippen LogP contribution in [0.5, 0.6) is 0 Å². The van der Waals surface area contributed by atoms with E-state index in [4.69, 9.17) is 0 Å². The number of hydrogen-bond acceptors (Lipinski definition) is 1. The van der Waals surface area contributed by atoms with Gasteiger partial charge in [-0.1, -0.05) is 35.9 Å². The average Bonchev–Trinajstić information content (AvgIpc) is 2.58. The van der Waals surface area contributed by atoms with Gasteiger partial charge in [-0.25, -0.2) is 0 Å². The second-order valence-electron chi connectivity index (χ2n) is 3.02. The molecule has 60 valence electrons. The number of aliphatic imine (C=N–C) groups is 1. The number of aryl methyl sites for hydroxylation is 1. The monoisotopic (exact) mass is 157 g/mol. The Morgan fingerprint density at radius 2 is 1.92 bits per heavy atom. The highest BCUT2D eigenvalue weighted by molar-refractivity contribution is 6.11. The van der Waals surface area contributed by atoms with Crippen LogP contribution in [0, 0.1) is 6.92 Å². The minimum atomic E-state index is 0.837. The van der Waals surface area contributed by atoms with E-state index in [-0.39, 0.29) is 0 Å².